The van der Waals surface area contributed by atoms with Crippen LogP contribution in [0.1, 0.15) is 25.0 Å². The van der Waals surface area contributed by atoms with Crippen molar-refractivity contribution in [2.45, 2.75) is 26.7 Å². The van der Waals surface area contributed by atoms with Gasteiger partial charge in [0.25, 0.3) is 0 Å². The van der Waals surface area contributed by atoms with Crippen molar-refractivity contribution >= 4 is 27.5 Å². The van der Waals surface area contributed by atoms with Gasteiger partial charge in [0, 0.05) is 16.5 Å². The Labute approximate surface area is 148 Å². The van der Waals surface area contributed by atoms with Crippen LogP contribution in [-0.2, 0) is 12.8 Å². The van der Waals surface area contributed by atoms with E-state index in [1.165, 1.54) is 33.0 Å². The van der Waals surface area contributed by atoms with E-state index >= 15 is 0 Å². The van der Waals surface area contributed by atoms with Gasteiger partial charge in [-0.25, -0.2) is 4.98 Å². The summed E-state index contributed by atoms with van der Waals surface area (Å²) in [5.41, 5.74) is 14.2. The van der Waals surface area contributed by atoms with E-state index in [1.54, 1.807) is 0 Å². The van der Waals surface area contributed by atoms with Gasteiger partial charge in [0.2, 0.25) is 0 Å². The van der Waals surface area contributed by atoms with E-state index in [0.717, 1.165) is 29.6 Å². The largest absolute Gasteiger partial charge is 0.398 e. The van der Waals surface area contributed by atoms with E-state index in [1.807, 2.05) is 6.07 Å². The van der Waals surface area contributed by atoms with Crippen molar-refractivity contribution in [2.75, 3.05) is 5.73 Å². The predicted octanol–water partition coefficient (Wildman–Crippen LogP) is 5.76. The number of aromatic nitrogens is 1. The number of rotatable bonds is 3. The molecule has 0 atom stereocenters. The third-order valence-corrected chi connectivity index (χ3v) is 4.98. The van der Waals surface area contributed by atoms with Crippen molar-refractivity contribution in [1.29, 1.82) is 0 Å². The van der Waals surface area contributed by atoms with Gasteiger partial charge in [-0.3, -0.25) is 0 Å². The number of aryl methyl sites for hydroxylation is 2. The number of nitrogen functional groups attached to an aromatic ring is 1. The molecule has 0 unspecified atom stereocenters. The Balaban J connectivity index is 2.02. The standard InChI is InChI=1S/C23H22N2/c1-3-15-12-18(13-16(4-2)23(15)24)19-9-7-11-22-20(19)14-17-8-5-6-10-21(17)25-22/h5-14H,3-4,24H2,1-2H3. The van der Waals surface area contributed by atoms with Crippen LogP contribution in [0.5, 0.6) is 0 Å². The SMILES string of the molecule is CCc1cc(-c2cccc3nc4ccccc4cc23)cc(CC)c1N. The maximum absolute atomic E-state index is 6.33. The second-order valence-electron chi connectivity index (χ2n) is 6.47. The first-order valence-electron chi connectivity index (χ1n) is 8.91. The number of benzene rings is 3. The van der Waals surface area contributed by atoms with Crippen molar-refractivity contribution in [2.24, 2.45) is 0 Å². The van der Waals surface area contributed by atoms with Gasteiger partial charge in [0.15, 0.2) is 0 Å². The Bertz CT molecular complexity index is 1050. The van der Waals surface area contributed by atoms with Crippen LogP contribution >= 0.6 is 0 Å². The Hall–Kier alpha value is -2.87. The monoisotopic (exact) mass is 326 g/mol. The number of hydrogen-bond donors (Lipinski definition) is 1. The van der Waals surface area contributed by atoms with Gasteiger partial charge in [-0.05, 0) is 65.4 Å². The summed E-state index contributed by atoms with van der Waals surface area (Å²) in [4.78, 5) is 4.84. The quantitative estimate of drug-likeness (QED) is 0.384. The topological polar surface area (TPSA) is 38.9 Å². The smallest absolute Gasteiger partial charge is 0.0715 e. The zero-order valence-corrected chi connectivity index (χ0v) is 14.7. The summed E-state index contributed by atoms with van der Waals surface area (Å²) in [6.45, 7) is 4.32. The van der Waals surface area contributed by atoms with E-state index in [4.69, 9.17) is 10.7 Å². The normalized spacial score (nSPS) is 11.3. The van der Waals surface area contributed by atoms with Gasteiger partial charge < -0.3 is 5.73 Å². The second kappa shape index (κ2) is 6.21. The minimum absolute atomic E-state index is 0.942. The highest BCUT2D eigenvalue weighted by molar-refractivity contribution is 6.01. The molecule has 3 aromatic carbocycles. The highest BCUT2D eigenvalue weighted by atomic mass is 14.7. The van der Waals surface area contributed by atoms with E-state index in [0.29, 0.717) is 0 Å². The molecule has 4 aromatic rings. The molecule has 2 nitrogen and oxygen atoms in total. The van der Waals surface area contributed by atoms with Gasteiger partial charge in [0.05, 0.1) is 11.0 Å². The molecule has 0 radical (unpaired) electrons. The molecule has 0 bridgehead atoms. The van der Waals surface area contributed by atoms with Crippen LogP contribution in [0.2, 0.25) is 0 Å². The molecule has 124 valence electrons. The van der Waals surface area contributed by atoms with Crippen molar-refractivity contribution in [3.63, 3.8) is 0 Å². The summed E-state index contributed by atoms with van der Waals surface area (Å²) in [5.74, 6) is 0. The molecule has 2 N–H and O–H groups in total. The summed E-state index contributed by atoms with van der Waals surface area (Å²) in [6, 6.07) is 21.4. The Kier molecular flexibility index (Phi) is 3.89. The van der Waals surface area contributed by atoms with Crippen molar-refractivity contribution in [3.05, 3.63) is 71.8 Å². The maximum Gasteiger partial charge on any atom is 0.0715 e. The molecular formula is C23H22N2. The molecule has 0 spiro atoms. The third kappa shape index (κ3) is 2.64. The number of nitrogens with two attached hydrogens (primary N) is 1. The fourth-order valence-electron chi connectivity index (χ4n) is 3.57. The lowest BCUT2D eigenvalue weighted by molar-refractivity contribution is 1.10. The number of anilines is 1. The van der Waals surface area contributed by atoms with Crippen LogP contribution < -0.4 is 5.73 Å². The minimum Gasteiger partial charge on any atom is -0.398 e. The Morgan fingerprint density at radius 2 is 1.48 bits per heavy atom. The summed E-state index contributed by atoms with van der Waals surface area (Å²) >= 11 is 0. The molecule has 0 amide bonds. The average molecular weight is 326 g/mol. The van der Waals surface area contributed by atoms with E-state index < -0.39 is 0 Å². The lowest BCUT2D eigenvalue weighted by Crippen LogP contribution is -2.00. The van der Waals surface area contributed by atoms with Gasteiger partial charge in [0.1, 0.15) is 0 Å². The van der Waals surface area contributed by atoms with Gasteiger partial charge in [-0.1, -0.05) is 44.2 Å². The van der Waals surface area contributed by atoms with Crippen LogP contribution in [0, 0.1) is 0 Å². The fraction of sp³-hybridized carbons (Fsp3) is 0.174. The minimum atomic E-state index is 0.942. The molecule has 0 fully saturated rings. The fourth-order valence-corrected chi connectivity index (χ4v) is 3.57. The van der Waals surface area contributed by atoms with Crippen molar-refractivity contribution in [3.8, 4) is 11.1 Å². The molecule has 0 aliphatic rings. The third-order valence-electron chi connectivity index (χ3n) is 4.98. The predicted molar refractivity (Wildman–Crippen MR) is 108 cm³/mol. The summed E-state index contributed by atoms with van der Waals surface area (Å²) in [7, 11) is 0. The zero-order valence-electron chi connectivity index (χ0n) is 14.7. The Morgan fingerprint density at radius 3 is 2.20 bits per heavy atom. The van der Waals surface area contributed by atoms with E-state index in [-0.39, 0.29) is 0 Å². The summed E-state index contributed by atoms with van der Waals surface area (Å²) < 4.78 is 0. The van der Waals surface area contributed by atoms with Crippen LogP contribution in [0.4, 0.5) is 5.69 Å². The van der Waals surface area contributed by atoms with Crippen LogP contribution in [0.15, 0.2) is 60.7 Å². The molecule has 25 heavy (non-hydrogen) atoms. The molecule has 0 aliphatic heterocycles. The van der Waals surface area contributed by atoms with Gasteiger partial charge in [-0.2, -0.15) is 0 Å². The Morgan fingerprint density at radius 1 is 0.800 bits per heavy atom. The average Bonchev–Trinajstić information content (AvgIpc) is 2.66. The first-order valence-corrected chi connectivity index (χ1v) is 8.91. The zero-order chi connectivity index (χ0) is 17.4. The molecule has 0 aliphatic carbocycles. The van der Waals surface area contributed by atoms with Crippen molar-refractivity contribution in [1.82, 2.24) is 4.98 Å². The lowest BCUT2D eigenvalue weighted by atomic mass is 9.93. The first-order chi connectivity index (χ1) is 12.2. The van der Waals surface area contributed by atoms with Crippen LogP contribution in [0.3, 0.4) is 0 Å². The number of fused-ring (bicyclic) bond motifs is 2. The molecule has 1 heterocycles. The number of nitrogens with zero attached hydrogens (tertiary/aromatic N) is 1. The maximum atomic E-state index is 6.33. The molecule has 1 aromatic heterocycles. The molecule has 2 heteroatoms. The lowest BCUT2D eigenvalue weighted by Gasteiger charge is -2.14. The first kappa shape index (κ1) is 15.6. The van der Waals surface area contributed by atoms with Gasteiger partial charge >= 0.3 is 0 Å². The molecule has 0 saturated carbocycles. The summed E-state index contributed by atoms with van der Waals surface area (Å²) in [6.07, 6.45) is 1.89. The van der Waals surface area contributed by atoms with E-state index in [9.17, 15) is 0 Å². The second-order valence-corrected chi connectivity index (χ2v) is 6.47. The van der Waals surface area contributed by atoms with Crippen LogP contribution in [0.25, 0.3) is 32.9 Å². The molecule has 4 rings (SSSR count). The highest BCUT2D eigenvalue weighted by Crippen LogP contribution is 2.33. The van der Waals surface area contributed by atoms with Crippen molar-refractivity contribution < 1.29 is 0 Å². The number of pyridine rings is 1. The van der Waals surface area contributed by atoms with Crippen LogP contribution in [-0.4, -0.2) is 4.98 Å². The molecule has 0 saturated heterocycles. The number of para-hydroxylation sites is 1. The van der Waals surface area contributed by atoms with E-state index in [2.05, 4.69) is 68.4 Å². The number of hydrogen-bond acceptors (Lipinski definition) is 2. The molecular weight excluding hydrogens is 304 g/mol. The highest BCUT2D eigenvalue weighted by Gasteiger charge is 2.11. The van der Waals surface area contributed by atoms with Gasteiger partial charge in [-0.15, -0.1) is 0 Å². The summed E-state index contributed by atoms with van der Waals surface area (Å²) in [5, 5.41) is 2.36.